The molecule has 21 heavy (non-hydrogen) atoms. The van der Waals surface area contributed by atoms with Crippen LogP contribution in [0, 0.1) is 10.1 Å². The van der Waals surface area contributed by atoms with Gasteiger partial charge in [0, 0.05) is 10.5 Å². The van der Waals surface area contributed by atoms with Gasteiger partial charge in [-0.25, -0.2) is 0 Å². The minimum Gasteiger partial charge on any atom is -0.488 e. The molecule has 2 N–H and O–H groups in total. The molecule has 6 nitrogen and oxygen atoms in total. The number of hydrogen-bond donors (Lipinski definition) is 1. The zero-order valence-electron chi connectivity index (χ0n) is 10.8. The molecular weight excluding hydrogens is 340 g/mol. The molecule has 0 aromatic heterocycles. The van der Waals surface area contributed by atoms with Gasteiger partial charge in [0.15, 0.2) is 5.56 Å². The summed E-state index contributed by atoms with van der Waals surface area (Å²) in [6, 6.07) is 11.9. The van der Waals surface area contributed by atoms with Gasteiger partial charge in [0.2, 0.25) is 0 Å². The van der Waals surface area contributed by atoms with E-state index >= 15 is 0 Å². The molecule has 0 bridgehead atoms. The fourth-order valence-electron chi connectivity index (χ4n) is 1.81. The van der Waals surface area contributed by atoms with Gasteiger partial charge in [-0.2, -0.15) is 0 Å². The standard InChI is InChI=1S/C14H11BrN2O4/c15-10-6-11(17(19)20)13(14(16)18)12(7-10)21-8-9-4-2-1-3-5-9/h1-7H,8H2,(H2,16,18). The Bertz CT molecular complexity index is 689. The molecule has 0 saturated carbocycles. The first-order valence-electron chi connectivity index (χ1n) is 5.93. The lowest BCUT2D eigenvalue weighted by molar-refractivity contribution is -0.385. The number of ether oxygens (including phenoxy) is 1. The number of amides is 1. The van der Waals surface area contributed by atoms with Crippen molar-refractivity contribution in [2.45, 2.75) is 6.61 Å². The first kappa shape index (κ1) is 15.0. The maximum Gasteiger partial charge on any atom is 0.287 e. The molecule has 0 aliphatic heterocycles. The van der Waals surface area contributed by atoms with Crippen LogP contribution in [0.1, 0.15) is 15.9 Å². The van der Waals surface area contributed by atoms with Crippen LogP contribution in [-0.4, -0.2) is 10.8 Å². The van der Waals surface area contributed by atoms with Crippen LogP contribution in [-0.2, 0) is 6.61 Å². The largest absolute Gasteiger partial charge is 0.488 e. The molecule has 0 spiro atoms. The summed E-state index contributed by atoms with van der Waals surface area (Å²) in [7, 11) is 0. The van der Waals surface area contributed by atoms with Crippen molar-refractivity contribution in [1.82, 2.24) is 0 Å². The highest BCUT2D eigenvalue weighted by Gasteiger charge is 2.24. The summed E-state index contributed by atoms with van der Waals surface area (Å²) in [4.78, 5) is 21.9. The zero-order valence-corrected chi connectivity index (χ0v) is 12.4. The number of rotatable bonds is 5. The van der Waals surface area contributed by atoms with Crippen molar-refractivity contribution < 1.29 is 14.5 Å². The molecule has 0 aliphatic carbocycles. The first-order valence-corrected chi connectivity index (χ1v) is 6.73. The summed E-state index contributed by atoms with van der Waals surface area (Å²) < 4.78 is 5.95. The number of primary amides is 1. The lowest BCUT2D eigenvalue weighted by Gasteiger charge is -2.10. The normalized spacial score (nSPS) is 10.1. The molecule has 1 amide bonds. The van der Waals surface area contributed by atoms with E-state index in [0.717, 1.165) is 5.56 Å². The van der Waals surface area contributed by atoms with Gasteiger partial charge in [-0.3, -0.25) is 14.9 Å². The third-order valence-corrected chi connectivity index (χ3v) is 3.18. The summed E-state index contributed by atoms with van der Waals surface area (Å²) in [6.45, 7) is 0.175. The summed E-state index contributed by atoms with van der Waals surface area (Å²) in [5.74, 6) is -0.829. The molecule has 0 aliphatic rings. The summed E-state index contributed by atoms with van der Waals surface area (Å²) in [5.41, 5.74) is 5.48. The van der Waals surface area contributed by atoms with E-state index in [0.29, 0.717) is 4.47 Å². The van der Waals surface area contributed by atoms with Crippen LogP contribution >= 0.6 is 15.9 Å². The molecule has 0 saturated heterocycles. The zero-order chi connectivity index (χ0) is 15.4. The molecule has 0 unspecified atom stereocenters. The van der Waals surface area contributed by atoms with Gasteiger partial charge in [0.05, 0.1) is 4.92 Å². The number of nitrogens with zero attached hydrogens (tertiary/aromatic N) is 1. The molecule has 0 heterocycles. The van der Waals surface area contributed by atoms with E-state index in [2.05, 4.69) is 15.9 Å². The fraction of sp³-hybridized carbons (Fsp3) is 0.0714. The number of nitro benzene ring substituents is 1. The third kappa shape index (κ3) is 3.57. The minimum atomic E-state index is -0.905. The van der Waals surface area contributed by atoms with Crippen molar-refractivity contribution in [2.24, 2.45) is 5.73 Å². The van der Waals surface area contributed by atoms with E-state index in [4.69, 9.17) is 10.5 Å². The highest BCUT2D eigenvalue weighted by atomic mass is 79.9. The second-order valence-electron chi connectivity index (χ2n) is 4.19. The van der Waals surface area contributed by atoms with Crippen LogP contribution in [0.5, 0.6) is 5.75 Å². The maximum atomic E-state index is 11.5. The monoisotopic (exact) mass is 350 g/mol. The second-order valence-corrected chi connectivity index (χ2v) is 5.11. The molecule has 0 radical (unpaired) electrons. The van der Waals surface area contributed by atoms with E-state index in [1.165, 1.54) is 12.1 Å². The third-order valence-electron chi connectivity index (χ3n) is 2.73. The second kappa shape index (κ2) is 6.36. The molecule has 108 valence electrons. The Morgan fingerprint density at radius 1 is 1.29 bits per heavy atom. The predicted molar refractivity (Wildman–Crippen MR) is 80.1 cm³/mol. The Labute approximate surface area is 128 Å². The van der Waals surface area contributed by atoms with E-state index in [9.17, 15) is 14.9 Å². The molecule has 2 aromatic rings. The van der Waals surface area contributed by atoms with Crippen molar-refractivity contribution in [3.8, 4) is 5.75 Å². The van der Waals surface area contributed by atoms with Crippen LogP contribution in [0.2, 0.25) is 0 Å². The van der Waals surface area contributed by atoms with Crippen LogP contribution in [0.25, 0.3) is 0 Å². The lowest BCUT2D eigenvalue weighted by atomic mass is 10.1. The van der Waals surface area contributed by atoms with Gasteiger partial charge in [-0.1, -0.05) is 46.3 Å². The number of carbonyl (C=O) groups is 1. The van der Waals surface area contributed by atoms with Gasteiger partial charge in [0.25, 0.3) is 11.6 Å². The van der Waals surface area contributed by atoms with Crippen molar-refractivity contribution in [2.75, 3.05) is 0 Å². The highest BCUT2D eigenvalue weighted by molar-refractivity contribution is 9.10. The Kier molecular flexibility index (Phi) is 4.54. The Hall–Kier alpha value is -2.41. The minimum absolute atomic E-state index is 0.0763. The van der Waals surface area contributed by atoms with Gasteiger partial charge in [-0.15, -0.1) is 0 Å². The molecule has 2 rings (SSSR count). The van der Waals surface area contributed by atoms with Crippen molar-refractivity contribution >= 4 is 27.5 Å². The Morgan fingerprint density at radius 2 is 1.95 bits per heavy atom. The number of carbonyl (C=O) groups excluding carboxylic acids is 1. The van der Waals surface area contributed by atoms with Gasteiger partial charge >= 0.3 is 0 Å². The lowest BCUT2D eigenvalue weighted by Crippen LogP contribution is -2.15. The quantitative estimate of drug-likeness (QED) is 0.662. The van der Waals surface area contributed by atoms with Gasteiger partial charge in [0.1, 0.15) is 12.4 Å². The number of nitrogens with two attached hydrogens (primary N) is 1. The fourth-order valence-corrected chi connectivity index (χ4v) is 2.23. The average Bonchev–Trinajstić information content (AvgIpc) is 2.45. The maximum absolute atomic E-state index is 11.5. The molecule has 0 atom stereocenters. The highest BCUT2D eigenvalue weighted by Crippen LogP contribution is 2.33. The Morgan fingerprint density at radius 3 is 2.52 bits per heavy atom. The van der Waals surface area contributed by atoms with E-state index < -0.39 is 10.8 Å². The van der Waals surface area contributed by atoms with Gasteiger partial charge in [-0.05, 0) is 11.6 Å². The van der Waals surface area contributed by atoms with Gasteiger partial charge < -0.3 is 10.5 Å². The summed E-state index contributed by atoms with van der Waals surface area (Å²) in [6.07, 6.45) is 0. The SMILES string of the molecule is NC(=O)c1c(OCc2ccccc2)cc(Br)cc1[N+](=O)[O-]. The van der Waals surface area contributed by atoms with Crippen LogP contribution in [0.15, 0.2) is 46.9 Å². The smallest absolute Gasteiger partial charge is 0.287 e. The van der Waals surface area contributed by atoms with E-state index in [1.807, 2.05) is 30.3 Å². The number of hydrogen-bond acceptors (Lipinski definition) is 4. The number of nitro groups is 1. The number of halogens is 1. The molecule has 0 fully saturated rings. The van der Waals surface area contributed by atoms with Crippen LogP contribution in [0.3, 0.4) is 0 Å². The van der Waals surface area contributed by atoms with Crippen LogP contribution in [0.4, 0.5) is 5.69 Å². The van der Waals surface area contributed by atoms with Crippen molar-refractivity contribution in [1.29, 1.82) is 0 Å². The van der Waals surface area contributed by atoms with Crippen LogP contribution < -0.4 is 10.5 Å². The van der Waals surface area contributed by atoms with Crippen molar-refractivity contribution in [3.05, 3.63) is 68.2 Å². The summed E-state index contributed by atoms with van der Waals surface area (Å²) in [5, 5.41) is 11.0. The van der Waals surface area contributed by atoms with E-state index in [-0.39, 0.29) is 23.6 Å². The van der Waals surface area contributed by atoms with E-state index in [1.54, 1.807) is 0 Å². The molecule has 7 heteroatoms. The average molecular weight is 351 g/mol. The first-order chi connectivity index (χ1) is 9.99. The topological polar surface area (TPSA) is 95.5 Å². The molecule has 2 aromatic carbocycles. The summed E-state index contributed by atoms with van der Waals surface area (Å²) >= 11 is 3.15. The molecular formula is C14H11BrN2O4. The predicted octanol–water partition coefficient (Wildman–Crippen LogP) is 3.04. The van der Waals surface area contributed by atoms with Crippen molar-refractivity contribution in [3.63, 3.8) is 0 Å². The Balaban J connectivity index is 2.38. The number of benzene rings is 2.